The monoisotopic (exact) mass is 583 g/mol. The molecule has 8 nitrogen and oxygen atoms in total. The minimum atomic E-state index is -1.28. The van der Waals surface area contributed by atoms with Crippen molar-refractivity contribution in [3.63, 3.8) is 0 Å². The van der Waals surface area contributed by atoms with Crippen LogP contribution in [0.5, 0.6) is 5.75 Å². The number of ether oxygens (including phenoxy) is 2. The lowest BCUT2D eigenvalue weighted by Gasteiger charge is -2.41. The molecule has 1 aliphatic carbocycles. The quantitative estimate of drug-likeness (QED) is 0.313. The van der Waals surface area contributed by atoms with Crippen molar-refractivity contribution in [3.8, 4) is 5.75 Å². The number of nitrogens with one attached hydrogen (secondary N) is 1. The lowest BCUT2D eigenvalue weighted by atomic mass is 9.91. The van der Waals surface area contributed by atoms with Crippen molar-refractivity contribution in [2.45, 2.75) is 77.2 Å². The first-order valence-electron chi connectivity index (χ1n) is 15.3. The normalized spacial score (nSPS) is 18.5. The largest absolute Gasteiger partial charge is 0.471 e. The van der Waals surface area contributed by atoms with E-state index in [1.165, 1.54) is 6.42 Å². The summed E-state index contributed by atoms with van der Waals surface area (Å²) in [4.78, 5) is 44.1. The van der Waals surface area contributed by atoms with Gasteiger partial charge in [0.25, 0.3) is 11.8 Å². The molecular formula is C35H41N3O5. The Bertz CT molecular complexity index is 1420. The molecule has 3 aromatic rings. The SMILES string of the molecule is CC(C)N(C(=O)c1ccc2c(c1)N(CCNC(=O)OCc1ccccc1)C(=O)C(C)(c1ccccc1)O2)C1CCCCC1. The highest BCUT2D eigenvalue weighted by molar-refractivity contribution is 6.05. The molecule has 0 radical (unpaired) electrons. The number of alkyl carbamates (subject to hydrolysis) is 1. The van der Waals surface area contributed by atoms with Crippen LogP contribution in [0, 0.1) is 0 Å². The molecule has 1 heterocycles. The van der Waals surface area contributed by atoms with E-state index in [1.54, 1.807) is 30.0 Å². The van der Waals surface area contributed by atoms with Gasteiger partial charge < -0.3 is 24.6 Å². The number of benzene rings is 3. The summed E-state index contributed by atoms with van der Waals surface area (Å²) in [6.45, 7) is 6.34. The molecule has 1 atom stereocenters. The summed E-state index contributed by atoms with van der Waals surface area (Å²) in [5.41, 5.74) is 1.34. The average Bonchev–Trinajstić information content (AvgIpc) is 3.03. The second kappa shape index (κ2) is 13.3. The summed E-state index contributed by atoms with van der Waals surface area (Å²) < 4.78 is 11.7. The minimum Gasteiger partial charge on any atom is -0.471 e. The van der Waals surface area contributed by atoms with Crippen molar-refractivity contribution < 1.29 is 23.9 Å². The van der Waals surface area contributed by atoms with Gasteiger partial charge in [0, 0.05) is 36.3 Å². The lowest BCUT2D eigenvalue weighted by molar-refractivity contribution is -0.135. The van der Waals surface area contributed by atoms with E-state index in [9.17, 15) is 14.4 Å². The highest BCUT2D eigenvalue weighted by atomic mass is 16.5. The van der Waals surface area contributed by atoms with Crippen LogP contribution in [0.4, 0.5) is 10.5 Å². The molecule has 0 saturated heterocycles. The maximum absolute atomic E-state index is 14.1. The van der Waals surface area contributed by atoms with Crippen molar-refractivity contribution in [2.24, 2.45) is 0 Å². The Morgan fingerprint density at radius 2 is 1.67 bits per heavy atom. The Kier molecular flexibility index (Phi) is 9.34. The summed E-state index contributed by atoms with van der Waals surface area (Å²) in [6, 6.07) is 24.4. The molecular weight excluding hydrogens is 542 g/mol. The number of hydrogen-bond acceptors (Lipinski definition) is 5. The Balaban J connectivity index is 1.39. The van der Waals surface area contributed by atoms with E-state index < -0.39 is 11.7 Å². The smallest absolute Gasteiger partial charge is 0.407 e. The molecule has 1 N–H and O–H groups in total. The maximum Gasteiger partial charge on any atom is 0.407 e. The molecule has 43 heavy (non-hydrogen) atoms. The van der Waals surface area contributed by atoms with Gasteiger partial charge in [-0.3, -0.25) is 9.59 Å². The summed E-state index contributed by atoms with van der Waals surface area (Å²) >= 11 is 0. The molecule has 226 valence electrons. The summed E-state index contributed by atoms with van der Waals surface area (Å²) in [5, 5.41) is 2.76. The third kappa shape index (κ3) is 6.69. The number of nitrogens with zero attached hydrogens (tertiary/aromatic N) is 2. The van der Waals surface area contributed by atoms with Crippen LogP contribution in [0.1, 0.15) is 74.4 Å². The van der Waals surface area contributed by atoms with Crippen LogP contribution in [-0.2, 0) is 21.7 Å². The second-order valence-electron chi connectivity index (χ2n) is 11.7. The zero-order valence-electron chi connectivity index (χ0n) is 25.3. The van der Waals surface area contributed by atoms with Gasteiger partial charge in [-0.1, -0.05) is 79.9 Å². The molecule has 1 fully saturated rings. The van der Waals surface area contributed by atoms with E-state index in [0.717, 1.165) is 31.2 Å². The summed E-state index contributed by atoms with van der Waals surface area (Å²) in [7, 11) is 0. The number of anilines is 1. The van der Waals surface area contributed by atoms with Gasteiger partial charge in [0.05, 0.1) is 5.69 Å². The Morgan fingerprint density at radius 1 is 1.00 bits per heavy atom. The Hall–Kier alpha value is -4.33. The Labute approximate surface area is 254 Å². The first-order valence-corrected chi connectivity index (χ1v) is 15.3. The maximum atomic E-state index is 14.1. The molecule has 8 heteroatoms. The number of carbonyl (C=O) groups is 3. The fraction of sp³-hybridized carbons (Fsp3) is 0.400. The van der Waals surface area contributed by atoms with Crippen molar-refractivity contribution in [1.82, 2.24) is 10.2 Å². The predicted octanol–water partition coefficient (Wildman–Crippen LogP) is 6.44. The van der Waals surface area contributed by atoms with E-state index in [2.05, 4.69) is 19.2 Å². The van der Waals surface area contributed by atoms with Gasteiger partial charge in [-0.25, -0.2) is 4.79 Å². The lowest BCUT2D eigenvalue weighted by Crippen LogP contribution is -2.54. The molecule has 2 aliphatic rings. The number of amides is 3. The van der Waals surface area contributed by atoms with E-state index in [-0.39, 0.29) is 43.6 Å². The number of fused-ring (bicyclic) bond motifs is 1. The molecule has 0 spiro atoms. The molecule has 3 aromatic carbocycles. The van der Waals surface area contributed by atoms with E-state index in [4.69, 9.17) is 9.47 Å². The van der Waals surface area contributed by atoms with Crippen molar-refractivity contribution in [1.29, 1.82) is 0 Å². The van der Waals surface area contributed by atoms with Gasteiger partial charge in [-0.2, -0.15) is 0 Å². The third-order valence-electron chi connectivity index (χ3n) is 8.37. The van der Waals surface area contributed by atoms with Crippen LogP contribution in [-0.4, -0.2) is 48.0 Å². The van der Waals surface area contributed by atoms with Gasteiger partial charge in [0.2, 0.25) is 5.60 Å². The van der Waals surface area contributed by atoms with Crippen LogP contribution >= 0.6 is 0 Å². The molecule has 1 saturated carbocycles. The molecule has 0 bridgehead atoms. The topological polar surface area (TPSA) is 88.2 Å². The highest BCUT2D eigenvalue weighted by Crippen LogP contribution is 2.43. The number of rotatable bonds is 9. The van der Waals surface area contributed by atoms with E-state index in [0.29, 0.717) is 22.6 Å². The first-order chi connectivity index (χ1) is 20.8. The first kappa shape index (κ1) is 30.1. The molecule has 1 unspecified atom stereocenters. The number of carbonyl (C=O) groups excluding carboxylic acids is 3. The summed E-state index contributed by atoms with van der Waals surface area (Å²) in [5.74, 6) is 0.183. The minimum absolute atomic E-state index is 0.0453. The fourth-order valence-corrected chi connectivity index (χ4v) is 6.11. The van der Waals surface area contributed by atoms with E-state index in [1.807, 2.05) is 65.6 Å². The number of hydrogen-bond donors (Lipinski definition) is 1. The van der Waals surface area contributed by atoms with Gasteiger partial charge in [-0.05, 0) is 57.4 Å². The van der Waals surface area contributed by atoms with Crippen molar-refractivity contribution in [3.05, 3.63) is 95.6 Å². The summed E-state index contributed by atoms with van der Waals surface area (Å²) in [6.07, 6.45) is 4.90. The molecule has 0 aromatic heterocycles. The van der Waals surface area contributed by atoms with Crippen molar-refractivity contribution >= 4 is 23.6 Å². The van der Waals surface area contributed by atoms with E-state index >= 15 is 0 Å². The van der Waals surface area contributed by atoms with Crippen molar-refractivity contribution in [2.75, 3.05) is 18.0 Å². The van der Waals surface area contributed by atoms with Crippen LogP contribution in [0.2, 0.25) is 0 Å². The third-order valence-corrected chi connectivity index (χ3v) is 8.37. The molecule has 3 amide bonds. The fourth-order valence-electron chi connectivity index (χ4n) is 6.11. The van der Waals surface area contributed by atoms with Gasteiger partial charge in [-0.15, -0.1) is 0 Å². The molecule has 5 rings (SSSR count). The zero-order valence-corrected chi connectivity index (χ0v) is 25.3. The van der Waals surface area contributed by atoms with Crippen LogP contribution < -0.4 is 15.0 Å². The second-order valence-corrected chi connectivity index (χ2v) is 11.7. The Morgan fingerprint density at radius 3 is 2.35 bits per heavy atom. The van der Waals surface area contributed by atoms with Crippen LogP contribution in [0.3, 0.4) is 0 Å². The van der Waals surface area contributed by atoms with Gasteiger partial charge in [0.15, 0.2) is 0 Å². The average molecular weight is 584 g/mol. The standard InChI is InChI=1S/C35H41N3O5/c1-25(2)38(29-17-11-6-12-18-29)32(39)27-19-20-31-30(23-27)37(33(40)35(3,43-31)28-15-9-5-10-16-28)22-21-36-34(41)42-24-26-13-7-4-8-14-26/h4-5,7-10,13-16,19-20,23,25,29H,6,11-12,17-18,21-22,24H2,1-3H3,(H,36,41). The van der Waals surface area contributed by atoms with Gasteiger partial charge in [0.1, 0.15) is 12.4 Å². The highest BCUT2D eigenvalue weighted by Gasteiger charge is 2.46. The van der Waals surface area contributed by atoms with Crippen LogP contribution in [0.15, 0.2) is 78.9 Å². The van der Waals surface area contributed by atoms with Crippen LogP contribution in [0.25, 0.3) is 0 Å². The zero-order chi connectivity index (χ0) is 30.4. The molecule has 1 aliphatic heterocycles. The predicted molar refractivity (Wildman–Crippen MR) is 166 cm³/mol. The van der Waals surface area contributed by atoms with Gasteiger partial charge >= 0.3 is 6.09 Å².